The molecule has 3 rings (SSSR count). The number of benzene rings is 2. The SMILES string of the molecule is CC(C)OC(=O)C(C)(C)Oc1cccc(C2=CCN(C(=O)c3cc(C(C)(C)C)c(O)c(C(C)(C)C)c3)CC2)c1. The van der Waals surface area contributed by atoms with Crippen LogP contribution in [0.5, 0.6) is 11.5 Å². The summed E-state index contributed by atoms with van der Waals surface area (Å²) in [7, 11) is 0. The highest BCUT2D eigenvalue weighted by Gasteiger charge is 2.33. The predicted molar refractivity (Wildman–Crippen MR) is 156 cm³/mol. The summed E-state index contributed by atoms with van der Waals surface area (Å²) < 4.78 is 11.3. The van der Waals surface area contributed by atoms with Gasteiger partial charge in [-0.3, -0.25) is 4.79 Å². The molecular formula is C33H45NO5. The van der Waals surface area contributed by atoms with E-state index >= 15 is 0 Å². The predicted octanol–water partition coefficient (Wildman–Crippen LogP) is 7.03. The smallest absolute Gasteiger partial charge is 0.350 e. The average Bonchev–Trinajstić information content (AvgIpc) is 2.82. The molecule has 1 aliphatic rings. The maximum atomic E-state index is 13.6. The molecule has 0 fully saturated rings. The standard InChI is InChI=1S/C33H45NO5/c1-21(2)38-30(37)33(9,10)39-25-13-11-12-23(18-25)22-14-16-34(17-15-22)29(36)24-19-26(31(3,4)5)28(35)27(20-24)32(6,7)8/h11-14,18-21,35H,15-17H2,1-10H3. The van der Waals surface area contributed by atoms with Gasteiger partial charge < -0.3 is 19.5 Å². The summed E-state index contributed by atoms with van der Waals surface area (Å²) in [6.45, 7) is 20.4. The lowest BCUT2D eigenvalue weighted by molar-refractivity contribution is -0.163. The molecule has 0 aromatic heterocycles. The van der Waals surface area contributed by atoms with Crippen LogP contribution in [0.4, 0.5) is 0 Å². The van der Waals surface area contributed by atoms with Crippen LogP contribution in [-0.4, -0.2) is 46.7 Å². The van der Waals surface area contributed by atoms with E-state index in [-0.39, 0.29) is 28.6 Å². The van der Waals surface area contributed by atoms with Gasteiger partial charge in [-0.2, -0.15) is 0 Å². The van der Waals surface area contributed by atoms with E-state index in [2.05, 4.69) is 6.08 Å². The number of phenolic OH excluding ortho intramolecular Hbond substituents is 1. The third-order valence-corrected chi connectivity index (χ3v) is 6.88. The summed E-state index contributed by atoms with van der Waals surface area (Å²) in [5.74, 6) is 0.414. The monoisotopic (exact) mass is 535 g/mol. The van der Waals surface area contributed by atoms with E-state index in [1.807, 2.05) is 96.7 Å². The van der Waals surface area contributed by atoms with E-state index in [4.69, 9.17) is 9.47 Å². The lowest BCUT2D eigenvalue weighted by atomic mass is 9.78. The van der Waals surface area contributed by atoms with E-state index in [0.717, 1.165) is 22.3 Å². The Morgan fingerprint density at radius 1 is 0.923 bits per heavy atom. The highest BCUT2D eigenvalue weighted by atomic mass is 16.6. The topological polar surface area (TPSA) is 76.1 Å². The van der Waals surface area contributed by atoms with Gasteiger partial charge >= 0.3 is 5.97 Å². The minimum atomic E-state index is -1.12. The Kier molecular flexibility index (Phi) is 8.59. The number of rotatable bonds is 6. The van der Waals surface area contributed by atoms with Crippen molar-refractivity contribution in [3.8, 4) is 11.5 Å². The van der Waals surface area contributed by atoms with Crippen molar-refractivity contribution in [1.82, 2.24) is 4.90 Å². The van der Waals surface area contributed by atoms with Gasteiger partial charge in [0, 0.05) is 29.8 Å². The summed E-state index contributed by atoms with van der Waals surface area (Å²) >= 11 is 0. The molecule has 0 spiro atoms. The third kappa shape index (κ3) is 7.23. The van der Waals surface area contributed by atoms with E-state index in [0.29, 0.717) is 30.8 Å². The number of nitrogens with zero attached hydrogens (tertiary/aromatic N) is 1. The van der Waals surface area contributed by atoms with Gasteiger partial charge in [0.1, 0.15) is 11.5 Å². The first-order valence-electron chi connectivity index (χ1n) is 13.8. The Morgan fingerprint density at radius 2 is 1.51 bits per heavy atom. The van der Waals surface area contributed by atoms with E-state index in [1.54, 1.807) is 13.8 Å². The van der Waals surface area contributed by atoms with Gasteiger partial charge in [-0.25, -0.2) is 4.79 Å². The fourth-order valence-corrected chi connectivity index (χ4v) is 4.65. The van der Waals surface area contributed by atoms with Crippen LogP contribution in [0.15, 0.2) is 42.5 Å². The Bertz CT molecular complexity index is 1220. The van der Waals surface area contributed by atoms with Crippen LogP contribution in [0, 0.1) is 0 Å². The van der Waals surface area contributed by atoms with Gasteiger partial charge in [0.15, 0.2) is 5.60 Å². The zero-order valence-corrected chi connectivity index (χ0v) is 25.3. The maximum Gasteiger partial charge on any atom is 0.350 e. The minimum Gasteiger partial charge on any atom is -0.507 e. The molecule has 0 saturated heterocycles. The lowest BCUT2D eigenvalue weighted by Crippen LogP contribution is -2.40. The third-order valence-electron chi connectivity index (χ3n) is 6.88. The summed E-state index contributed by atoms with van der Waals surface area (Å²) in [5.41, 5.74) is 2.57. The quantitative estimate of drug-likeness (QED) is 0.402. The second kappa shape index (κ2) is 11.1. The largest absolute Gasteiger partial charge is 0.507 e. The highest BCUT2D eigenvalue weighted by molar-refractivity contribution is 5.95. The number of carbonyl (C=O) groups excluding carboxylic acids is 2. The van der Waals surface area contributed by atoms with Crippen LogP contribution in [0.25, 0.3) is 5.57 Å². The molecule has 0 atom stereocenters. The van der Waals surface area contributed by atoms with Crippen molar-refractivity contribution in [3.05, 3.63) is 64.7 Å². The molecule has 0 bridgehead atoms. The molecule has 1 heterocycles. The van der Waals surface area contributed by atoms with Crippen molar-refractivity contribution < 1.29 is 24.2 Å². The van der Waals surface area contributed by atoms with Crippen molar-refractivity contribution in [2.75, 3.05) is 13.1 Å². The first kappa shape index (κ1) is 30.3. The molecule has 212 valence electrons. The summed E-state index contributed by atoms with van der Waals surface area (Å²) in [4.78, 5) is 27.9. The zero-order valence-electron chi connectivity index (χ0n) is 25.3. The van der Waals surface area contributed by atoms with Crippen LogP contribution in [0.3, 0.4) is 0 Å². The van der Waals surface area contributed by atoms with E-state index in [9.17, 15) is 14.7 Å². The number of esters is 1. The van der Waals surface area contributed by atoms with E-state index in [1.165, 1.54) is 0 Å². The molecule has 0 aliphatic carbocycles. The summed E-state index contributed by atoms with van der Waals surface area (Å²) in [6.07, 6.45) is 2.56. The fourth-order valence-electron chi connectivity index (χ4n) is 4.65. The van der Waals surface area contributed by atoms with Crippen LogP contribution in [0.1, 0.15) is 103 Å². The maximum absolute atomic E-state index is 13.6. The Hall–Kier alpha value is -3.28. The molecular weight excluding hydrogens is 490 g/mol. The van der Waals surface area contributed by atoms with Crippen LogP contribution < -0.4 is 4.74 Å². The van der Waals surface area contributed by atoms with Crippen LogP contribution >= 0.6 is 0 Å². The number of carbonyl (C=O) groups is 2. The Labute approximate surface area is 234 Å². The molecule has 1 N–H and O–H groups in total. The normalized spacial score (nSPS) is 14.7. The zero-order chi connectivity index (χ0) is 29.3. The number of hydrogen-bond donors (Lipinski definition) is 1. The van der Waals surface area contributed by atoms with Crippen molar-refractivity contribution in [1.29, 1.82) is 0 Å². The number of ether oxygens (including phenoxy) is 2. The molecule has 2 aromatic rings. The summed E-state index contributed by atoms with van der Waals surface area (Å²) in [6, 6.07) is 11.4. The molecule has 0 radical (unpaired) electrons. The second-order valence-electron chi connectivity index (χ2n) is 13.2. The van der Waals surface area contributed by atoms with Crippen molar-refractivity contribution in [2.45, 2.75) is 98.2 Å². The molecule has 2 aromatic carbocycles. The molecule has 6 nitrogen and oxygen atoms in total. The first-order chi connectivity index (χ1) is 17.9. The lowest BCUT2D eigenvalue weighted by Gasteiger charge is -2.30. The van der Waals surface area contributed by atoms with E-state index < -0.39 is 11.6 Å². The minimum absolute atomic E-state index is 0.0381. The molecule has 39 heavy (non-hydrogen) atoms. The Morgan fingerprint density at radius 3 is 2.00 bits per heavy atom. The van der Waals surface area contributed by atoms with Gasteiger partial charge in [-0.15, -0.1) is 0 Å². The second-order valence-corrected chi connectivity index (χ2v) is 13.2. The van der Waals surface area contributed by atoms with Gasteiger partial charge in [0.05, 0.1) is 6.10 Å². The van der Waals surface area contributed by atoms with Crippen LogP contribution in [0.2, 0.25) is 0 Å². The number of hydrogen-bond acceptors (Lipinski definition) is 5. The molecule has 1 amide bonds. The summed E-state index contributed by atoms with van der Waals surface area (Å²) in [5, 5.41) is 11.0. The molecule has 0 unspecified atom stereocenters. The average molecular weight is 536 g/mol. The van der Waals surface area contributed by atoms with Crippen molar-refractivity contribution in [3.63, 3.8) is 0 Å². The number of amides is 1. The van der Waals surface area contributed by atoms with Gasteiger partial charge in [0.25, 0.3) is 5.91 Å². The first-order valence-corrected chi connectivity index (χ1v) is 13.8. The van der Waals surface area contributed by atoms with Crippen molar-refractivity contribution >= 4 is 17.4 Å². The molecule has 1 aliphatic heterocycles. The van der Waals surface area contributed by atoms with Crippen LogP contribution in [-0.2, 0) is 20.4 Å². The number of phenols is 1. The van der Waals surface area contributed by atoms with Crippen molar-refractivity contribution in [2.24, 2.45) is 0 Å². The van der Waals surface area contributed by atoms with Gasteiger partial charge in [0.2, 0.25) is 0 Å². The fraction of sp³-hybridized carbons (Fsp3) is 0.515. The highest BCUT2D eigenvalue weighted by Crippen LogP contribution is 2.40. The van der Waals surface area contributed by atoms with Gasteiger partial charge in [-0.05, 0) is 80.3 Å². The molecule has 0 saturated carbocycles. The molecule has 6 heteroatoms. The number of aromatic hydroxyl groups is 1. The van der Waals surface area contributed by atoms with Gasteiger partial charge in [-0.1, -0.05) is 59.8 Å². The Balaban J connectivity index is 1.81.